The van der Waals surface area contributed by atoms with Crippen LogP contribution in [0, 0.1) is 0 Å². The van der Waals surface area contributed by atoms with Gasteiger partial charge in [-0.25, -0.2) is 0 Å². The van der Waals surface area contributed by atoms with Gasteiger partial charge in [0.1, 0.15) is 30.8 Å². The van der Waals surface area contributed by atoms with Crippen LogP contribution < -0.4 is 9.47 Å². The molecule has 1 aliphatic rings. The smallest absolute Gasteiger partial charge is 0.258 e. The highest BCUT2D eigenvalue weighted by Crippen LogP contribution is 2.37. The second-order valence-corrected chi connectivity index (χ2v) is 10.5. The molecule has 1 heterocycles. The zero-order valence-electron chi connectivity index (χ0n) is 22.9. The Morgan fingerprint density at radius 1 is 0.800 bits per heavy atom. The summed E-state index contributed by atoms with van der Waals surface area (Å²) in [6, 6.07) is 29.2. The third kappa shape index (κ3) is 6.19. The van der Waals surface area contributed by atoms with Crippen molar-refractivity contribution in [3.05, 3.63) is 130 Å². The van der Waals surface area contributed by atoms with Crippen molar-refractivity contribution in [3.8, 4) is 11.5 Å². The summed E-state index contributed by atoms with van der Waals surface area (Å²) in [6.07, 6.45) is -0.940. The van der Waals surface area contributed by atoms with Crippen LogP contribution in [0.2, 0.25) is 0 Å². The normalized spacial score (nSPS) is 13.3. The molecule has 0 spiro atoms. The van der Waals surface area contributed by atoms with Gasteiger partial charge in [-0.15, -0.1) is 0 Å². The quantitative estimate of drug-likeness (QED) is 0.254. The predicted octanol–water partition coefficient (Wildman–Crippen LogP) is 6.15. The van der Waals surface area contributed by atoms with Gasteiger partial charge < -0.3 is 24.6 Å². The minimum atomic E-state index is -0.940. The summed E-state index contributed by atoms with van der Waals surface area (Å²) in [4.78, 5) is 15.8. The van der Waals surface area contributed by atoms with Crippen LogP contribution in [0.3, 0.4) is 0 Å². The van der Waals surface area contributed by atoms with Crippen molar-refractivity contribution < 1.29 is 24.5 Å². The van der Waals surface area contributed by atoms with Gasteiger partial charge >= 0.3 is 0 Å². The number of carbonyl (C=O) groups excluding carboxylic acids is 1. The molecule has 0 aliphatic carbocycles. The molecular formula is C34H35NO5. The maximum atomic E-state index is 14.0. The van der Waals surface area contributed by atoms with Gasteiger partial charge in [0, 0.05) is 19.2 Å². The summed E-state index contributed by atoms with van der Waals surface area (Å²) < 4.78 is 12.6. The molecule has 0 saturated heterocycles. The van der Waals surface area contributed by atoms with E-state index in [2.05, 4.69) is 13.8 Å². The Morgan fingerprint density at radius 2 is 1.40 bits per heavy atom. The van der Waals surface area contributed by atoms with Crippen molar-refractivity contribution in [3.63, 3.8) is 0 Å². The van der Waals surface area contributed by atoms with Crippen molar-refractivity contribution >= 4 is 5.91 Å². The molecule has 1 unspecified atom stereocenters. The Kier molecular flexibility index (Phi) is 8.48. The van der Waals surface area contributed by atoms with E-state index in [-0.39, 0.29) is 18.4 Å². The molecule has 1 atom stereocenters. The first-order valence-corrected chi connectivity index (χ1v) is 13.6. The van der Waals surface area contributed by atoms with Crippen molar-refractivity contribution in [1.82, 2.24) is 4.90 Å². The Labute approximate surface area is 235 Å². The van der Waals surface area contributed by atoms with Gasteiger partial charge in [-0.1, -0.05) is 92.7 Å². The van der Waals surface area contributed by atoms with Crippen molar-refractivity contribution in [1.29, 1.82) is 0 Å². The molecule has 6 nitrogen and oxygen atoms in total. The summed E-state index contributed by atoms with van der Waals surface area (Å²) in [5.74, 6) is 1.18. The molecule has 1 amide bonds. The van der Waals surface area contributed by atoms with E-state index in [1.54, 1.807) is 11.0 Å². The molecule has 2 N–H and O–H groups in total. The van der Waals surface area contributed by atoms with Crippen LogP contribution in [0.25, 0.3) is 0 Å². The van der Waals surface area contributed by atoms with Crippen LogP contribution >= 0.6 is 0 Å². The first-order chi connectivity index (χ1) is 19.4. The van der Waals surface area contributed by atoms with Gasteiger partial charge in [0.25, 0.3) is 5.91 Å². The average molecular weight is 538 g/mol. The molecule has 5 rings (SSSR count). The maximum Gasteiger partial charge on any atom is 0.258 e. The molecule has 0 fully saturated rings. The second-order valence-electron chi connectivity index (χ2n) is 10.5. The van der Waals surface area contributed by atoms with E-state index in [1.165, 1.54) is 0 Å². The van der Waals surface area contributed by atoms with Crippen LogP contribution in [0.4, 0.5) is 0 Å². The van der Waals surface area contributed by atoms with Gasteiger partial charge in [0.15, 0.2) is 0 Å². The SMILES string of the molecule is CC(C)c1cc(C(=O)N2Cc3ccc(C(O)CO)cc3C2)c(OCc2ccccc2)cc1OCc1ccccc1. The van der Waals surface area contributed by atoms with Crippen molar-refractivity contribution in [2.45, 2.75) is 52.2 Å². The van der Waals surface area contributed by atoms with Gasteiger partial charge in [-0.2, -0.15) is 0 Å². The van der Waals surface area contributed by atoms with E-state index in [9.17, 15) is 15.0 Å². The van der Waals surface area contributed by atoms with Gasteiger partial charge in [0.05, 0.1) is 12.2 Å². The minimum absolute atomic E-state index is 0.124. The first-order valence-electron chi connectivity index (χ1n) is 13.6. The Hall–Kier alpha value is -4.13. The van der Waals surface area contributed by atoms with Crippen LogP contribution in [0.5, 0.6) is 11.5 Å². The van der Waals surface area contributed by atoms with Crippen LogP contribution in [0.1, 0.15) is 69.6 Å². The zero-order valence-corrected chi connectivity index (χ0v) is 22.9. The summed E-state index contributed by atoms with van der Waals surface area (Å²) in [7, 11) is 0. The first kappa shape index (κ1) is 27.4. The highest BCUT2D eigenvalue weighted by Gasteiger charge is 2.29. The monoisotopic (exact) mass is 537 g/mol. The number of carbonyl (C=O) groups is 1. The lowest BCUT2D eigenvalue weighted by Gasteiger charge is -2.22. The fraction of sp³-hybridized carbons (Fsp3) is 0.265. The number of nitrogens with zero attached hydrogens (tertiary/aromatic N) is 1. The summed E-state index contributed by atoms with van der Waals surface area (Å²) in [6.45, 7) is 5.44. The van der Waals surface area contributed by atoms with E-state index in [0.717, 1.165) is 27.8 Å². The third-order valence-electron chi connectivity index (χ3n) is 7.24. The van der Waals surface area contributed by atoms with Gasteiger partial charge in [0.2, 0.25) is 0 Å². The molecule has 0 saturated carbocycles. The zero-order chi connectivity index (χ0) is 28.1. The summed E-state index contributed by atoms with van der Waals surface area (Å²) in [5, 5.41) is 19.4. The fourth-order valence-electron chi connectivity index (χ4n) is 4.95. The van der Waals surface area contributed by atoms with E-state index >= 15 is 0 Å². The number of aliphatic hydroxyl groups is 2. The molecule has 0 aromatic heterocycles. The fourth-order valence-corrected chi connectivity index (χ4v) is 4.95. The molecule has 1 aliphatic heterocycles. The van der Waals surface area contributed by atoms with Crippen LogP contribution in [-0.2, 0) is 26.3 Å². The second kappa shape index (κ2) is 12.4. The third-order valence-corrected chi connectivity index (χ3v) is 7.24. The molecule has 4 aromatic rings. The molecule has 0 radical (unpaired) electrons. The van der Waals surface area contributed by atoms with Gasteiger partial charge in [-0.3, -0.25) is 4.79 Å². The Bertz CT molecular complexity index is 1450. The minimum Gasteiger partial charge on any atom is -0.488 e. The predicted molar refractivity (Wildman–Crippen MR) is 154 cm³/mol. The average Bonchev–Trinajstić information content (AvgIpc) is 3.42. The largest absolute Gasteiger partial charge is 0.488 e. The van der Waals surface area contributed by atoms with E-state index < -0.39 is 6.10 Å². The lowest BCUT2D eigenvalue weighted by Crippen LogP contribution is -2.26. The number of hydrogen-bond donors (Lipinski definition) is 2. The number of benzene rings is 4. The molecule has 6 heteroatoms. The molecule has 0 bridgehead atoms. The van der Waals surface area contributed by atoms with E-state index in [4.69, 9.17) is 9.47 Å². The number of hydrogen-bond acceptors (Lipinski definition) is 5. The topological polar surface area (TPSA) is 79.2 Å². The van der Waals surface area contributed by atoms with Crippen LogP contribution in [0.15, 0.2) is 91.0 Å². The standard InChI is InChI=1S/C34H35NO5/c1-23(2)29-16-30(34(38)35-18-27-14-13-26(31(37)20-36)15-28(27)19-35)33(40-22-25-11-7-4-8-12-25)17-32(29)39-21-24-9-5-3-6-10-24/h3-17,23,31,36-37H,18-22H2,1-2H3. The lowest BCUT2D eigenvalue weighted by molar-refractivity contribution is 0.0746. The van der Waals surface area contributed by atoms with E-state index in [1.807, 2.05) is 84.9 Å². The highest BCUT2D eigenvalue weighted by atomic mass is 16.5. The molecule has 206 valence electrons. The summed E-state index contributed by atoms with van der Waals surface area (Å²) >= 11 is 0. The number of amides is 1. The Balaban J connectivity index is 1.46. The van der Waals surface area contributed by atoms with Crippen molar-refractivity contribution in [2.24, 2.45) is 0 Å². The number of fused-ring (bicyclic) bond motifs is 1. The highest BCUT2D eigenvalue weighted by molar-refractivity contribution is 5.98. The molecule has 4 aromatic carbocycles. The Morgan fingerprint density at radius 3 is 2.00 bits per heavy atom. The van der Waals surface area contributed by atoms with Crippen LogP contribution in [-0.4, -0.2) is 27.6 Å². The lowest BCUT2D eigenvalue weighted by atomic mass is 9.98. The van der Waals surface area contributed by atoms with Gasteiger partial charge in [-0.05, 0) is 45.4 Å². The van der Waals surface area contributed by atoms with Crippen molar-refractivity contribution in [2.75, 3.05) is 6.61 Å². The maximum absolute atomic E-state index is 14.0. The molecular weight excluding hydrogens is 502 g/mol. The number of rotatable bonds is 10. The summed E-state index contributed by atoms with van der Waals surface area (Å²) in [5.41, 5.74) is 6.14. The number of aliphatic hydroxyl groups excluding tert-OH is 2. The number of ether oxygens (including phenoxy) is 2. The van der Waals surface area contributed by atoms with E-state index in [0.29, 0.717) is 48.9 Å². The molecule has 40 heavy (non-hydrogen) atoms.